The molecule has 2 N–H and O–H groups in total. The van der Waals surface area contributed by atoms with Gasteiger partial charge in [-0.3, -0.25) is 0 Å². The molecule has 0 spiro atoms. The van der Waals surface area contributed by atoms with E-state index >= 15 is 0 Å². The predicted molar refractivity (Wildman–Crippen MR) is 58.4 cm³/mol. The van der Waals surface area contributed by atoms with Crippen molar-refractivity contribution < 1.29 is 30.7 Å². The Balaban J connectivity index is 3.03. The molecule has 0 aliphatic carbocycles. The maximum atomic E-state index is 13.0. The Morgan fingerprint density at radius 1 is 1.05 bits per heavy atom. The summed E-state index contributed by atoms with van der Waals surface area (Å²) >= 11 is 0. The molecule has 0 heterocycles. The topological polar surface area (TPSA) is 26.0 Å². The van der Waals surface area contributed by atoms with Gasteiger partial charge in [-0.2, -0.15) is 26.3 Å². The average molecular weight is 303 g/mol. The molecule has 114 valence electrons. The van der Waals surface area contributed by atoms with E-state index in [1.165, 1.54) is 13.0 Å². The van der Waals surface area contributed by atoms with Crippen LogP contribution in [0.2, 0.25) is 0 Å². The molecule has 1 rings (SSSR count). The molecule has 0 bridgehead atoms. The Hall–Kier alpha value is -1.31. The Kier molecular flexibility index (Phi) is 4.68. The van der Waals surface area contributed by atoms with E-state index in [9.17, 15) is 30.7 Å². The molecule has 1 aromatic rings. The van der Waals surface area contributed by atoms with Gasteiger partial charge in [0, 0.05) is 6.04 Å². The summed E-state index contributed by atoms with van der Waals surface area (Å²) in [4.78, 5) is 0. The van der Waals surface area contributed by atoms with E-state index in [4.69, 9.17) is 5.73 Å². The number of aryl methyl sites for hydroxylation is 1. The maximum absolute atomic E-state index is 13.0. The smallest absolute Gasteiger partial charge is 0.327 e. The Morgan fingerprint density at radius 2 is 1.55 bits per heavy atom. The number of hydrogen-bond donors (Lipinski definition) is 1. The van der Waals surface area contributed by atoms with E-state index in [1.807, 2.05) is 0 Å². The van der Waals surface area contributed by atoms with Crippen LogP contribution in [0.5, 0.6) is 0 Å². The zero-order chi connectivity index (χ0) is 15.7. The molecule has 1 unspecified atom stereocenters. The molecule has 1 nitrogen and oxygen atoms in total. The van der Waals surface area contributed by atoms with E-state index in [0.29, 0.717) is 5.56 Å². The van der Waals surface area contributed by atoms with E-state index in [2.05, 4.69) is 0 Å². The van der Waals surface area contributed by atoms with Crippen molar-refractivity contribution in [3.8, 4) is 0 Å². The highest BCUT2D eigenvalue weighted by atomic mass is 19.4. The quantitative estimate of drug-likeness (QED) is 0.846. The molecule has 0 aromatic heterocycles. The van der Waals surface area contributed by atoms with Crippen LogP contribution in [-0.4, -0.2) is 18.4 Å². The van der Waals surface area contributed by atoms with Crippen molar-refractivity contribution in [2.45, 2.75) is 31.7 Å². The van der Waals surface area contributed by atoms with Crippen LogP contribution in [0.3, 0.4) is 0 Å². The van der Waals surface area contributed by atoms with Gasteiger partial charge in [0.05, 0.1) is 0 Å². The van der Waals surface area contributed by atoms with Crippen LogP contribution in [0.4, 0.5) is 30.7 Å². The largest absolute Gasteiger partial charge is 0.402 e. The highest BCUT2D eigenvalue weighted by molar-refractivity contribution is 5.27. The second-order valence-corrected chi connectivity index (χ2v) is 4.50. The summed E-state index contributed by atoms with van der Waals surface area (Å²) in [5.74, 6) is -4.38. The Bertz CT molecular complexity index is 450. The lowest BCUT2D eigenvalue weighted by Gasteiger charge is -2.28. The van der Waals surface area contributed by atoms with Crippen molar-refractivity contribution in [1.82, 2.24) is 0 Å². The van der Waals surface area contributed by atoms with Crippen molar-refractivity contribution in [3.63, 3.8) is 0 Å². The lowest BCUT2D eigenvalue weighted by atomic mass is 9.91. The van der Waals surface area contributed by atoms with Gasteiger partial charge in [0.15, 0.2) is 5.92 Å². The monoisotopic (exact) mass is 303 g/mol. The van der Waals surface area contributed by atoms with Gasteiger partial charge >= 0.3 is 12.4 Å². The van der Waals surface area contributed by atoms with Gasteiger partial charge in [-0.15, -0.1) is 0 Å². The number of halogens is 7. The second-order valence-electron chi connectivity index (χ2n) is 4.50. The minimum atomic E-state index is -5.50. The summed E-state index contributed by atoms with van der Waals surface area (Å²) in [6.45, 7) is 1.46. The minimum Gasteiger partial charge on any atom is -0.327 e. The van der Waals surface area contributed by atoms with Gasteiger partial charge in [0.25, 0.3) is 0 Å². The summed E-state index contributed by atoms with van der Waals surface area (Å²) in [6.07, 6.45) is -11.7. The number of alkyl halides is 6. The van der Waals surface area contributed by atoms with E-state index in [0.717, 1.165) is 12.1 Å². The number of rotatable bonds is 3. The molecule has 0 saturated carbocycles. The standard InChI is InChI=1S/C12H12F7N/c1-6-2-3-8(13)4-7(6)5-9(20)10(11(14,15)16)12(17,18)19/h2-4,9-10H,5,20H2,1H3. The molecular formula is C12H12F7N. The molecule has 20 heavy (non-hydrogen) atoms. The van der Waals surface area contributed by atoms with Crippen molar-refractivity contribution in [3.05, 3.63) is 35.1 Å². The van der Waals surface area contributed by atoms with Gasteiger partial charge in [0.1, 0.15) is 5.82 Å². The van der Waals surface area contributed by atoms with E-state index in [-0.39, 0.29) is 5.56 Å². The number of benzene rings is 1. The number of hydrogen-bond acceptors (Lipinski definition) is 1. The third kappa shape index (κ3) is 4.09. The highest BCUT2D eigenvalue weighted by Crippen LogP contribution is 2.41. The third-order valence-corrected chi connectivity index (χ3v) is 2.90. The molecule has 0 radical (unpaired) electrons. The molecule has 0 aliphatic heterocycles. The van der Waals surface area contributed by atoms with Gasteiger partial charge in [0.2, 0.25) is 0 Å². The van der Waals surface area contributed by atoms with Crippen molar-refractivity contribution in [2.24, 2.45) is 11.7 Å². The molecule has 0 amide bonds. The van der Waals surface area contributed by atoms with Gasteiger partial charge < -0.3 is 5.73 Å². The lowest BCUT2D eigenvalue weighted by Crippen LogP contribution is -2.49. The van der Waals surface area contributed by atoms with E-state index < -0.39 is 36.6 Å². The first-order valence-corrected chi connectivity index (χ1v) is 5.57. The highest BCUT2D eigenvalue weighted by Gasteiger charge is 2.59. The summed E-state index contributed by atoms with van der Waals surface area (Å²) < 4.78 is 87.8. The fraction of sp³-hybridized carbons (Fsp3) is 0.500. The summed E-state index contributed by atoms with van der Waals surface area (Å²) in [7, 11) is 0. The van der Waals surface area contributed by atoms with Crippen LogP contribution >= 0.6 is 0 Å². The first-order valence-electron chi connectivity index (χ1n) is 5.57. The first kappa shape index (κ1) is 16.7. The van der Waals surface area contributed by atoms with Crippen LogP contribution in [0.1, 0.15) is 11.1 Å². The molecule has 0 fully saturated rings. The van der Waals surface area contributed by atoms with Crippen LogP contribution in [0, 0.1) is 18.7 Å². The zero-order valence-corrected chi connectivity index (χ0v) is 10.3. The minimum absolute atomic E-state index is 0.0241. The van der Waals surface area contributed by atoms with Gasteiger partial charge in [-0.05, 0) is 36.6 Å². The molecular weight excluding hydrogens is 291 g/mol. The SMILES string of the molecule is Cc1ccc(F)cc1CC(N)C(C(F)(F)F)C(F)(F)F. The normalized spacial score (nSPS) is 14.7. The first-order chi connectivity index (χ1) is 8.93. The molecule has 8 heteroatoms. The van der Waals surface area contributed by atoms with Crippen molar-refractivity contribution >= 4 is 0 Å². The van der Waals surface area contributed by atoms with Gasteiger partial charge in [-0.25, -0.2) is 4.39 Å². The molecule has 1 atom stereocenters. The third-order valence-electron chi connectivity index (χ3n) is 2.90. The average Bonchev–Trinajstić information content (AvgIpc) is 2.18. The van der Waals surface area contributed by atoms with Gasteiger partial charge in [-0.1, -0.05) is 6.07 Å². The predicted octanol–water partition coefficient (Wildman–Crippen LogP) is 3.74. The Labute approximate surface area is 110 Å². The van der Waals surface area contributed by atoms with Crippen LogP contribution in [-0.2, 0) is 6.42 Å². The van der Waals surface area contributed by atoms with Crippen LogP contribution < -0.4 is 5.73 Å². The zero-order valence-electron chi connectivity index (χ0n) is 10.3. The molecule has 0 saturated heterocycles. The second kappa shape index (κ2) is 5.59. The fourth-order valence-electron chi connectivity index (χ4n) is 1.90. The number of nitrogens with two attached hydrogens (primary N) is 1. The molecule has 0 aliphatic rings. The summed E-state index contributed by atoms with van der Waals surface area (Å²) in [5, 5.41) is 0. The fourth-order valence-corrected chi connectivity index (χ4v) is 1.90. The maximum Gasteiger partial charge on any atom is 0.402 e. The summed E-state index contributed by atoms with van der Waals surface area (Å²) in [5.41, 5.74) is 5.48. The van der Waals surface area contributed by atoms with Crippen molar-refractivity contribution in [1.29, 1.82) is 0 Å². The summed E-state index contributed by atoms with van der Waals surface area (Å²) in [6, 6.07) is 0.998. The lowest BCUT2D eigenvalue weighted by molar-refractivity contribution is -0.289. The molecule has 1 aromatic carbocycles. The van der Waals surface area contributed by atoms with Crippen LogP contribution in [0.25, 0.3) is 0 Å². The van der Waals surface area contributed by atoms with Crippen molar-refractivity contribution in [2.75, 3.05) is 0 Å². The Morgan fingerprint density at radius 3 is 2.00 bits per heavy atom. The van der Waals surface area contributed by atoms with Crippen LogP contribution in [0.15, 0.2) is 18.2 Å². The van der Waals surface area contributed by atoms with E-state index in [1.54, 1.807) is 0 Å².